The molecular weight excluding hydrogens is 619 g/mol. The van der Waals surface area contributed by atoms with E-state index in [9.17, 15) is 22.8 Å². The molecule has 2 N–H and O–H groups in total. The largest absolute Gasteiger partial charge is 0.481 e. The molecule has 1 heterocycles. The third-order valence-corrected chi connectivity index (χ3v) is 7.53. The summed E-state index contributed by atoms with van der Waals surface area (Å²) in [6.45, 7) is 0.331. The van der Waals surface area contributed by atoms with Crippen LogP contribution in [0.15, 0.2) is 91.0 Å². The van der Waals surface area contributed by atoms with Gasteiger partial charge >= 0.3 is 18.1 Å². The Morgan fingerprint density at radius 2 is 1.21 bits per heavy atom. The van der Waals surface area contributed by atoms with Crippen LogP contribution in [0.4, 0.5) is 13.2 Å². The summed E-state index contributed by atoms with van der Waals surface area (Å²) in [5, 5.41) is 11.0. The lowest BCUT2D eigenvalue weighted by molar-refractivity contribution is -0.242. The van der Waals surface area contributed by atoms with E-state index >= 15 is 0 Å². The van der Waals surface area contributed by atoms with Crippen LogP contribution in [-0.2, 0) is 53.1 Å². The number of nitrogens with one attached hydrogen (secondary N) is 1. The SMILES string of the molecule is O=C(O)CCCCOC[C@@H]1OC(COCc2ccccc2)[C@H](OCc2ccccc2)C(OCc2ccccc2)C1NC(=O)C(F)(F)F. The topological polar surface area (TPSA) is 113 Å². The third-order valence-electron chi connectivity index (χ3n) is 7.53. The van der Waals surface area contributed by atoms with Crippen molar-refractivity contribution in [2.24, 2.45) is 0 Å². The van der Waals surface area contributed by atoms with Crippen molar-refractivity contribution in [2.75, 3.05) is 19.8 Å². The average molecular weight is 660 g/mol. The number of alkyl halides is 3. The highest BCUT2D eigenvalue weighted by Gasteiger charge is 2.51. The normalized spacial score (nSPS) is 21.3. The summed E-state index contributed by atoms with van der Waals surface area (Å²) < 4.78 is 71.7. The van der Waals surface area contributed by atoms with Crippen molar-refractivity contribution in [3.05, 3.63) is 108 Å². The Kier molecular flexibility index (Phi) is 14.2. The van der Waals surface area contributed by atoms with Gasteiger partial charge in [0.2, 0.25) is 0 Å². The monoisotopic (exact) mass is 659 g/mol. The second-order valence-electron chi connectivity index (χ2n) is 11.2. The van der Waals surface area contributed by atoms with Crippen molar-refractivity contribution in [3.63, 3.8) is 0 Å². The molecule has 0 bridgehead atoms. The van der Waals surface area contributed by atoms with Crippen LogP contribution < -0.4 is 5.32 Å². The minimum atomic E-state index is -5.16. The lowest BCUT2D eigenvalue weighted by Gasteiger charge is -2.46. The van der Waals surface area contributed by atoms with Crippen LogP contribution in [0, 0.1) is 0 Å². The molecule has 47 heavy (non-hydrogen) atoms. The second kappa shape index (κ2) is 18.5. The van der Waals surface area contributed by atoms with Crippen molar-refractivity contribution in [1.29, 1.82) is 0 Å². The molecule has 0 radical (unpaired) electrons. The molecule has 12 heteroatoms. The number of unbranched alkanes of at least 4 members (excludes halogenated alkanes) is 1. The fourth-order valence-corrected chi connectivity index (χ4v) is 5.18. The summed E-state index contributed by atoms with van der Waals surface area (Å²) in [5.41, 5.74) is 2.50. The van der Waals surface area contributed by atoms with E-state index in [4.69, 9.17) is 28.8 Å². The Morgan fingerprint density at radius 3 is 1.74 bits per heavy atom. The smallest absolute Gasteiger partial charge is 0.471 e. The van der Waals surface area contributed by atoms with Gasteiger partial charge in [0.25, 0.3) is 0 Å². The van der Waals surface area contributed by atoms with Crippen LogP contribution in [0.1, 0.15) is 36.0 Å². The predicted molar refractivity (Wildman–Crippen MR) is 165 cm³/mol. The van der Waals surface area contributed by atoms with Gasteiger partial charge in [-0.05, 0) is 29.5 Å². The first-order valence-corrected chi connectivity index (χ1v) is 15.5. The highest BCUT2D eigenvalue weighted by Crippen LogP contribution is 2.30. The van der Waals surface area contributed by atoms with Gasteiger partial charge in [-0.15, -0.1) is 0 Å². The van der Waals surface area contributed by atoms with Crippen LogP contribution >= 0.6 is 0 Å². The van der Waals surface area contributed by atoms with E-state index in [1.165, 1.54) is 0 Å². The Balaban J connectivity index is 1.61. The van der Waals surface area contributed by atoms with Crippen LogP contribution in [0.2, 0.25) is 0 Å². The molecule has 0 spiro atoms. The first-order chi connectivity index (χ1) is 22.7. The number of carboxylic acids is 1. The second-order valence-corrected chi connectivity index (χ2v) is 11.2. The van der Waals surface area contributed by atoms with Gasteiger partial charge in [0.15, 0.2) is 0 Å². The standard InChI is InChI=1S/C35H40F3NO8/c36-35(37,38)34(42)39-31-28(23-43-19-11-10-18-30(40)41)47-29(24-44-20-25-12-4-1-5-13-25)32(45-21-26-14-6-2-7-15-26)33(31)46-22-27-16-8-3-9-17-27/h1-9,12-17,28-29,31-33H,10-11,18-24H2,(H,39,42)(H,40,41)/t28-,29?,31?,32-,33?/m0/s1. The number of halogens is 3. The summed E-state index contributed by atoms with van der Waals surface area (Å²) in [5.74, 6) is -3.08. The Morgan fingerprint density at radius 1 is 0.702 bits per heavy atom. The van der Waals surface area contributed by atoms with Gasteiger partial charge in [-0.25, -0.2) is 0 Å². The van der Waals surface area contributed by atoms with Gasteiger partial charge in [0, 0.05) is 13.0 Å². The van der Waals surface area contributed by atoms with E-state index in [1.54, 1.807) is 0 Å². The van der Waals surface area contributed by atoms with E-state index in [-0.39, 0.29) is 46.1 Å². The Hall–Kier alpha value is -3.81. The molecule has 1 saturated heterocycles. The number of amides is 1. The average Bonchev–Trinajstić information content (AvgIpc) is 3.06. The highest BCUT2D eigenvalue weighted by atomic mass is 19.4. The van der Waals surface area contributed by atoms with Crippen LogP contribution in [0.25, 0.3) is 0 Å². The molecule has 5 atom stereocenters. The zero-order valence-electron chi connectivity index (χ0n) is 25.8. The zero-order valence-corrected chi connectivity index (χ0v) is 25.8. The maximum atomic E-state index is 13.6. The molecule has 3 aromatic rings. The minimum absolute atomic E-state index is 0.00853. The molecule has 4 rings (SSSR count). The molecule has 0 aromatic heterocycles. The summed E-state index contributed by atoms with van der Waals surface area (Å²) in [4.78, 5) is 23.2. The maximum Gasteiger partial charge on any atom is 0.471 e. The fourth-order valence-electron chi connectivity index (χ4n) is 5.18. The fraction of sp³-hybridized carbons (Fsp3) is 0.429. The number of aliphatic carboxylic acids is 1. The van der Waals surface area contributed by atoms with Crippen LogP contribution in [-0.4, -0.2) is 73.4 Å². The Bertz CT molecular complexity index is 1350. The number of ether oxygens (including phenoxy) is 5. The van der Waals surface area contributed by atoms with E-state index in [0.29, 0.717) is 12.8 Å². The molecule has 0 saturated carbocycles. The summed E-state index contributed by atoms with van der Waals surface area (Å²) in [7, 11) is 0. The van der Waals surface area contributed by atoms with Crippen LogP contribution in [0.3, 0.4) is 0 Å². The van der Waals surface area contributed by atoms with Crippen molar-refractivity contribution in [3.8, 4) is 0 Å². The number of hydrogen-bond donors (Lipinski definition) is 2. The van der Waals surface area contributed by atoms with Crippen LogP contribution in [0.5, 0.6) is 0 Å². The number of hydrogen-bond acceptors (Lipinski definition) is 7. The maximum absolute atomic E-state index is 13.6. The molecule has 1 aliphatic rings. The molecular formula is C35H40F3NO8. The molecule has 9 nitrogen and oxygen atoms in total. The van der Waals surface area contributed by atoms with E-state index in [1.807, 2.05) is 91.0 Å². The number of rotatable bonds is 18. The predicted octanol–water partition coefficient (Wildman–Crippen LogP) is 5.46. The van der Waals surface area contributed by atoms with Crippen molar-refractivity contribution in [2.45, 2.75) is 75.7 Å². The summed E-state index contributed by atoms with van der Waals surface area (Å²) in [6, 6.07) is 26.5. The molecule has 3 unspecified atom stereocenters. The van der Waals surface area contributed by atoms with Crippen molar-refractivity contribution >= 4 is 11.9 Å². The molecule has 0 aliphatic carbocycles. The molecule has 3 aromatic carbocycles. The number of carboxylic acid groups (broad SMARTS) is 1. The van der Waals surface area contributed by atoms with Gasteiger partial charge in [0.05, 0.1) is 39.1 Å². The highest BCUT2D eigenvalue weighted by molar-refractivity contribution is 5.82. The first kappa shape index (κ1) is 36.0. The lowest BCUT2D eigenvalue weighted by Crippen LogP contribution is -2.67. The first-order valence-electron chi connectivity index (χ1n) is 15.5. The van der Waals surface area contributed by atoms with E-state index < -0.39 is 48.5 Å². The lowest BCUT2D eigenvalue weighted by atomic mass is 9.92. The quantitative estimate of drug-likeness (QED) is 0.173. The molecule has 1 amide bonds. The third kappa shape index (κ3) is 12.1. The van der Waals surface area contributed by atoms with Gasteiger partial charge in [0.1, 0.15) is 24.4 Å². The van der Waals surface area contributed by atoms with E-state index in [0.717, 1.165) is 16.7 Å². The van der Waals surface area contributed by atoms with E-state index in [2.05, 4.69) is 5.32 Å². The Labute approximate surface area is 271 Å². The summed E-state index contributed by atoms with van der Waals surface area (Å²) >= 11 is 0. The zero-order chi connectivity index (χ0) is 33.5. The van der Waals surface area contributed by atoms with Gasteiger partial charge in [-0.1, -0.05) is 91.0 Å². The van der Waals surface area contributed by atoms with Gasteiger partial charge < -0.3 is 34.1 Å². The number of carbonyl (C=O) groups is 2. The van der Waals surface area contributed by atoms with Gasteiger partial charge in [-0.2, -0.15) is 13.2 Å². The number of carbonyl (C=O) groups excluding carboxylic acids is 1. The minimum Gasteiger partial charge on any atom is -0.481 e. The number of benzene rings is 3. The van der Waals surface area contributed by atoms with Crippen molar-refractivity contribution in [1.82, 2.24) is 5.32 Å². The molecule has 1 fully saturated rings. The molecule has 254 valence electrons. The van der Waals surface area contributed by atoms with Gasteiger partial charge in [-0.3, -0.25) is 9.59 Å². The molecule has 1 aliphatic heterocycles. The van der Waals surface area contributed by atoms with Crippen molar-refractivity contribution < 1.29 is 51.6 Å². The summed E-state index contributed by atoms with van der Waals surface area (Å²) in [6.07, 6.45) is -8.38.